The van der Waals surface area contributed by atoms with Crippen LogP contribution in [-0.2, 0) is 0 Å². The molecule has 0 saturated carbocycles. The van der Waals surface area contributed by atoms with Gasteiger partial charge in [-0.2, -0.15) is 0 Å². The van der Waals surface area contributed by atoms with Crippen LogP contribution in [0, 0.1) is 6.92 Å². The number of fused-ring (bicyclic) bond motifs is 1. The zero-order valence-electron chi connectivity index (χ0n) is 15.5. The molecule has 0 saturated heterocycles. The minimum Gasteiger partial charge on any atom is -0.268 e. The number of rotatable bonds is 4. The third kappa shape index (κ3) is 3.45. The lowest BCUT2D eigenvalue weighted by molar-refractivity contribution is 0.813. The summed E-state index contributed by atoms with van der Waals surface area (Å²) in [6, 6.07) is 20.1. The third-order valence-corrected chi connectivity index (χ3v) is 6.32. The number of benzene rings is 2. The highest BCUT2D eigenvalue weighted by Gasteiger charge is 2.18. The van der Waals surface area contributed by atoms with Gasteiger partial charge < -0.3 is 0 Å². The molecule has 0 fully saturated rings. The maximum absolute atomic E-state index is 13.4. The van der Waals surface area contributed by atoms with Crippen molar-refractivity contribution in [3.63, 3.8) is 0 Å². The maximum atomic E-state index is 13.4. The van der Waals surface area contributed by atoms with Crippen molar-refractivity contribution in [2.45, 2.75) is 31.2 Å². The van der Waals surface area contributed by atoms with Crippen molar-refractivity contribution >= 4 is 33.3 Å². The second-order valence-electron chi connectivity index (χ2n) is 6.68. The lowest BCUT2D eigenvalue weighted by Gasteiger charge is -2.15. The van der Waals surface area contributed by atoms with Gasteiger partial charge in [0.1, 0.15) is 4.83 Å². The Hall–Kier alpha value is -2.37. The van der Waals surface area contributed by atoms with E-state index in [0.717, 1.165) is 31.7 Å². The van der Waals surface area contributed by atoms with Crippen LogP contribution in [0.15, 0.2) is 70.6 Å². The summed E-state index contributed by atoms with van der Waals surface area (Å²) < 4.78 is 1.77. The molecule has 0 atom stereocenters. The standard InChI is InChI=1S/C22H20N2OS2/c1-14(2)26-22-23-20-17(13-19(27-20)16-10-5-4-6-11-16)21(25)24(22)18-12-8-7-9-15(18)3/h4-14H,1-3H3. The Labute approximate surface area is 166 Å². The second kappa shape index (κ2) is 7.33. The molecule has 5 heteroatoms. The number of thiophene rings is 1. The molecule has 3 nitrogen and oxygen atoms in total. The number of hydrogen-bond acceptors (Lipinski definition) is 4. The van der Waals surface area contributed by atoms with Crippen LogP contribution in [0.2, 0.25) is 0 Å². The SMILES string of the molecule is Cc1ccccc1-n1c(SC(C)C)nc2sc(-c3ccccc3)cc2c1=O. The maximum Gasteiger partial charge on any atom is 0.267 e. The zero-order chi connectivity index (χ0) is 19.0. The number of aromatic nitrogens is 2. The van der Waals surface area contributed by atoms with E-state index in [1.807, 2.05) is 55.5 Å². The highest BCUT2D eigenvalue weighted by atomic mass is 32.2. The smallest absolute Gasteiger partial charge is 0.267 e. The molecule has 27 heavy (non-hydrogen) atoms. The Kier molecular flexibility index (Phi) is 4.89. The number of para-hydroxylation sites is 1. The molecule has 4 rings (SSSR count). The van der Waals surface area contributed by atoms with Crippen molar-refractivity contribution in [3.8, 4) is 16.1 Å². The van der Waals surface area contributed by atoms with E-state index in [0.29, 0.717) is 10.6 Å². The van der Waals surface area contributed by atoms with Gasteiger partial charge in [0, 0.05) is 10.1 Å². The zero-order valence-corrected chi connectivity index (χ0v) is 17.1. The summed E-state index contributed by atoms with van der Waals surface area (Å²) in [5.74, 6) is 0. The minimum atomic E-state index is -0.00381. The van der Waals surface area contributed by atoms with Crippen LogP contribution in [0.25, 0.3) is 26.3 Å². The molecule has 0 aliphatic carbocycles. The van der Waals surface area contributed by atoms with Crippen LogP contribution in [0.3, 0.4) is 0 Å². The van der Waals surface area contributed by atoms with Crippen molar-refractivity contribution in [1.29, 1.82) is 0 Å². The fraction of sp³-hybridized carbons (Fsp3) is 0.182. The number of hydrogen-bond donors (Lipinski definition) is 0. The topological polar surface area (TPSA) is 34.9 Å². The van der Waals surface area contributed by atoms with Gasteiger partial charge in [-0.1, -0.05) is 74.1 Å². The molecule has 0 N–H and O–H groups in total. The fourth-order valence-electron chi connectivity index (χ4n) is 3.02. The van der Waals surface area contributed by atoms with E-state index in [1.54, 1.807) is 27.7 Å². The van der Waals surface area contributed by atoms with Crippen LogP contribution < -0.4 is 5.56 Å². The summed E-state index contributed by atoms with van der Waals surface area (Å²) in [4.78, 5) is 20.2. The Morgan fingerprint density at radius 3 is 2.44 bits per heavy atom. The quantitative estimate of drug-likeness (QED) is 0.319. The van der Waals surface area contributed by atoms with Gasteiger partial charge in [0.25, 0.3) is 5.56 Å². The van der Waals surface area contributed by atoms with Crippen LogP contribution in [0.4, 0.5) is 0 Å². The van der Waals surface area contributed by atoms with Crippen molar-refractivity contribution in [3.05, 3.63) is 76.6 Å². The highest BCUT2D eigenvalue weighted by molar-refractivity contribution is 7.99. The third-order valence-electron chi connectivity index (χ3n) is 4.29. The van der Waals surface area contributed by atoms with E-state index < -0.39 is 0 Å². The molecule has 136 valence electrons. The summed E-state index contributed by atoms with van der Waals surface area (Å²) in [6.07, 6.45) is 0. The first-order valence-electron chi connectivity index (χ1n) is 8.89. The van der Waals surface area contributed by atoms with Gasteiger partial charge in [-0.15, -0.1) is 11.3 Å². The molecule has 2 aromatic carbocycles. The average molecular weight is 393 g/mol. The van der Waals surface area contributed by atoms with Gasteiger partial charge in [0.05, 0.1) is 11.1 Å². The first-order chi connectivity index (χ1) is 13.0. The number of aryl methyl sites for hydroxylation is 1. The number of nitrogens with zero attached hydrogens (tertiary/aromatic N) is 2. The molecule has 0 bridgehead atoms. The van der Waals surface area contributed by atoms with E-state index in [-0.39, 0.29) is 5.56 Å². The lowest BCUT2D eigenvalue weighted by atomic mass is 10.2. The Bertz CT molecular complexity index is 1160. The number of thioether (sulfide) groups is 1. The first kappa shape index (κ1) is 18.0. The van der Waals surface area contributed by atoms with Crippen molar-refractivity contribution < 1.29 is 0 Å². The van der Waals surface area contributed by atoms with Gasteiger partial charge in [0.15, 0.2) is 5.16 Å². The summed E-state index contributed by atoms with van der Waals surface area (Å²) in [6.45, 7) is 6.26. The molecule has 0 aliphatic heterocycles. The summed E-state index contributed by atoms with van der Waals surface area (Å²) in [5.41, 5.74) is 3.06. The Morgan fingerprint density at radius 1 is 1.04 bits per heavy atom. The molecule has 0 unspecified atom stereocenters. The minimum absolute atomic E-state index is 0.00381. The van der Waals surface area contributed by atoms with E-state index in [1.165, 1.54) is 0 Å². The summed E-state index contributed by atoms with van der Waals surface area (Å²) >= 11 is 3.20. The Balaban J connectivity index is 2.00. The van der Waals surface area contributed by atoms with Crippen LogP contribution in [0.1, 0.15) is 19.4 Å². The first-order valence-corrected chi connectivity index (χ1v) is 10.6. The van der Waals surface area contributed by atoms with Crippen LogP contribution >= 0.6 is 23.1 Å². The van der Waals surface area contributed by atoms with Gasteiger partial charge >= 0.3 is 0 Å². The average Bonchev–Trinajstić information content (AvgIpc) is 3.08. The molecule has 0 radical (unpaired) electrons. The van der Waals surface area contributed by atoms with Crippen molar-refractivity contribution in [2.75, 3.05) is 0 Å². The van der Waals surface area contributed by atoms with Crippen molar-refractivity contribution in [2.24, 2.45) is 0 Å². The lowest BCUT2D eigenvalue weighted by Crippen LogP contribution is -2.22. The summed E-state index contributed by atoms with van der Waals surface area (Å²) in [7, 11) is 0. The van der Waals surface area contributed by atoms with E-state index >= 15 is 0 Å². The molecule has 4 aromatic rings. The molecule has 2 aromatic heterocycles. The molecule has 0 amide bonds. The monoisotopic (exact) mass is 392 g/mol. The highest BCUT2D eigenvalue weighted by Crippen LogP contribution is 2.33. The van der Waals surface area contributed by atoms with Gasteiger partial charge in [0.2, 0.25) is 0 Å². The van der Waals surface area contributed by atoms with Crippen molar-refractivity contribution in [1.82, 2.24) is 9.55 Å². The normalized spacial score (nSPS) is 11.4. The molecule has 0 aliphatic rings. The predicted octanol–water partition coefficient (Wildman–Crippen LogP) is 5.92. The van der Waals surface area contributed by atoms with Gasteiger partial charge in [-0.05, 0) is 30.2 Å². The van der Waals surface area contributed by atoms with Gasteiger partial charge in [-0.25, -0.2) is 4.98 Å². The van der Waals surface area contributed by atoms with Crippen LogP contribution in [0.5, 0.6) is 0 Å². The van der Waals surface area contributed by atoms with Crippen LogP contribution in [-0.4, -0.2) is 14.8 Å². The van der Waals surface area contributed by atoms with E-state index in [9.17, 15) is 4.79 Å². The molecular weight excluding hydrogens is 372 g/mol. The van der Waals surface area contributed by atoms with E-state index in [4.69, 9.17) is 4.98 Å². The fourth-order valence-corrected chi connectivity index (χ4v) is 4.96. The van der Waals surface area contributed by atoms with E-state index in [2.05, 4.69) is 26.0 Å². The molecule has 2 heterocycles. The second-order valence-corrected chi connectivity index (χ2v) is 9.26. The predicted molar refractivity (Wildman–Crippen MR) is 116 cm³/mol. The largest absolute Gasteiger partial charge is 0.268 e. The molecule has 0 spiro atoms. The Morgan fingerprint density at radius 2 is 1.74 bits per heavy atom. The molecular formula is C22H20N2OS2. The summed E-state index contributed by atoms with van der Waals surface area (Å²) in [5, 5.41) is 1.76. The van der Waals surface area contributed by atoms with Gasteiger partial charge in [-0.3, -0.25) is 9.36 Å².